The molecule has 0 atom stereocenters. The van der Waals surface area contributed by atoms with E-state index in [1.165, 1.54) is 29.6 Å². The van der Waals surface area contributed by atoms with Gasteiger partial charge in [0.2, 0.25) is 15.9 Å². The number of methoxy groups -OCH3 is 1. The maximum Gasteiger partial charge on any atom is 0.243 e. The Hall–Kier alpha value is -2.58. The summed E-state index contributed by atoms with van der Waals surface area (Å²) in [5.41, 5.74) is 0.757. The Morgan fingerprint density at radius 2 is 1.89 bits per heavy atom. The second-order valence-corrected chi connectivity index (χ2v) is 8.26. The van der Waals surface area contributed by atoms with Gasteiger partial charge in [-0.3, -0.25) is 4.79 Å². The van der Waals surface area contributed by atoms with Crippen LogP contribution in [0.1, 0.15) is 18.4 Å². The van der Waals surface area contributed by atoms with Gasteiger partial charge in [0, 0.05) is 18.7 Å². The van der Waals surface area contributed by atoms with E-state index in [1.54, 1.807) is 24.3 Å². The van der Waals surface area contributed by atoms with Gasteiger partial charge >= 0.3 is 0 Å². The average molecular weight is 390 g/mol. The van der Waals surface area contributed by atoms with E-state index in [0.29, 0.717) is 24.4 Å². The van der Waals surface area contributed by atoms with Gasteiger partial charge in [-0.15, -0.1) is 0 Å². The molecule has 2 aromatic rings. The molecule has 144 valence electrons. The molecule has 1 fully saturated rings. The van der Waals surface area contributed by atoms with Crippen molar-refractivity contribution < 1.29 is 23.1 Å². The molecule has 0 spiro atoms. The zero-order valence-electron chi connectivity index (χ0n) is 15.0. The lowest BCUT2D eigenvalue weighted by atomic mass is 10.1. The number of nitrogens with one attached hydrogen (secondary N) is 1. The molecule has 1 amide bonds. The number of carbonyl (C=O) groups excluding carboxylic acids is 1. The molecule has 0 radical (unpaired) electrons. The van der Waals surface area contributed by atoms with Crippen LogP contribution >= 0.6 is 0 Å². The molecule has 3 rings (SSSR count). The lowest BCUT2D eigenvalue weighted by Gasteiger charge is -2.17. The molecule has 27 heavy (non-hydrogen) atoms. The van der Waals surface area contributed by atoms with E-state index in [-0.39, 0.29) is 28.7 Å². The van der Waals surface area contributed by atoms with Crippen molar-refractivity contribution in [2.45, 2.75) is 24.2 Å². The Balaban J connectivity index is 1.79. The van der Waals surface area contributed by atoms with Crippen LogP contribution in [-0.4, -0.2) is 43.9 Å². The zero-order chi connectivity index (χ0) is 19.4. The second-order valence-electron chi connectivity index (χ2n) is 6.33. The molecule has 0 unspecified atom stereocenters. The fourth-order valence-corrected chi connectivity index (χ4v) is 4.61. The van der Waals surface area contributed by atoms with Gasteiger partial charge in [0.1, 0.15) is 11.5 Å². The predicted molar refractivity (Wildman–Crippen MR) is 101 cm³/mol. The van der Waals surface area contributed by atoms with Crippen molar-refractivity contribution in [3.8, 4) is 11.5 Å². The highest BCUT2D eigenvalue weighted by atomic mass is 32.2. The maximum absolute atomic E-state index is 12.7. The standard InChI is InChI=1S/C19H22N2O5S/c1-26-18-7-3-2-6-14(18)12-19(23)20-16-13-15(8-9-17(16)22)27(24,25)21-10-4-5-11-21/h2-3,6-9,13,22H,4-5,10-12H2,1H3,(H,20,23). The number of sulfonamides is 1. The molecule has 2 N–H and O–H groups in total. The van der Waals surface area contributed by atoms with Crippen molar-refractivity contribution in [2.75, 3.05) is 25.5 Å². The van der Waals surface area contributed by atoms with E-state index in [9.17, 15) is 18.3 Å². The van der Waals surface area contributed by atoms with Crippen molar-refractivity contribution in [1.29, 1.82) is 0 Å². The van der Waals surface area contributed by atoms with Gasteiger partial charge in [0.15, 0.2) is 0 Å². The number of benzene rings is 2. The molecule has 1 aliphatic heterocycles. The summed E-state index contributed by atoms with van der Waals surface area (Å²) >= 11 is 0. The number of ether oxygens (including phenoxy) is 1. The van der Waals surface area contributed by atoms with Crippen molar-refractivity contribution >= 4 is 21.6 Å². The Bertz CT molecular complexity index is 937. The number of carbonyl (C=O) groups is 1. The Morgan fingerprint density at radius 3 is 2.59 bits per heavy atom. The molecular weight excluding hydrogens is 368 g/mol. The molecular formula is C19H22N2O5S. The largest absolute Gasteiger partial charge is 0.506 e. The highest BCUT2D eigenvalue weighted by molar-refractivity contribution is 7.89. The predicted octanol–water partition coefficient (Wildman–Crippen LogP) is 2.37. The lowest BCUT2D eigenvalue weighted by Crippen LogP contribution is -2.28. The van der Waals surface area contributed by atoms with Crippen molar-refractivity contribution in [1.82, 2.24) is 4.31 Å². The van der Waals surface area contributed by atoms with Crippen molar-refractivity contribution in [3.05, 3.63) is 48.0 Å². The highest BCUT2D eigenvalue weighted by Gasteiger charge is 2.28. The minimum atomic E-state index is -3.63. The summed E-state index contributed by atoms with van der Waals surface area (Å²) in [6, 6.07) is 11.0. The minimum absolute atomic E-state index is 0.0343. The van der Waals surface area contributed by atoms with Crippen LogP contribution in [0, 0.1) is 0 Å². The van der Waals surface area contributed by atoms with Crippen molar-refractivity contribution in [3.63, 3.8) is 0 Å². The van der Waals surface area contributed by atoms with Gasteiger partial charge in [-0.25, -0.2) is 8.42 Å². The molecule has 2 aromatic carbocycles. The van der Waals surface area contributed by atoms with Crippen LogP contribution in [0.3, 0.4) is 0 Å². The SMILES string of the molecule is COc1ccccc1CC(=O)Nc1cc(S(=O)(=O)N2CCCC2)ccc1O. The fourth-order valence-electron chi connectivity index (χ4n) is 3.07. The third kappa shape index (κ3) is 4.23. The van der Waals surface area contributed by atoms with E-state index in [1.807, 2.05) is 0 Å². The molecule has 0 bridgehead atoms. The van der Waals surface area contributed by atoms with Crippen LogP contribution in [0.15, 0.2) is 47.4 Å². The topological polar surface area (TPSA) is 95.9 Å². The number of nitrogens with zero attached hydrogens (tertiary/aromatic N) is 1. The summed E-state index contributed by atoms with van der Waals surface area (Å²) in [5, 5.41) is 12.6. The number of phenols is 1. The first kappa shape index (κ1) is 19.2. The summed E-state index contributed by atoms with van der Waals surface area (Å²) in [5.74, 6) is 0.0107. The van der Waals surface area contributed by atoms with Gasteiger partial charge in [0.25, 0.3) is 0 Å². The fraction of sp³-hybridized carbons (Fsp3) is 0.316. The minimum Gasteiger partial charge on any atom is -0.506 e. The van der Waals surface area contributed by atoms with Crippen molar-refractivity contribution in [2.24, 2.45) is 0 Å². The molecule has 1 heterocycles. The smallest absolute Gasteiger partial charge is 0.243 e. The first-order chi connectivity index (χ1) is 12.9. The van der Waals surface area contributed by atoms with Gasteiger partial charge in [-0.2, -0.15) is 4.31 Å². The van der Waals surface area contributed by atoms with Gasteiger partial charge in [0.05, 0.1) is 24.1 Å². The van der Waals surface area contributed by atoms with E-state index in [0.717, 1.165) is 12.8 Å². The van der Waals surface area contributed by atoms with Crippen LogP contribution in [-0.2, 0) is 21.2 Å². The Labute approximate surface area is 158 Å². The number of amides is 1. The number of hydrogen-bond acceptors (Lipinski definition) is 5. The molecule has 8 heteroatoms. The van der Waals surface area contributed by atoms with E-state index in [4.69, 9.17) is 4.74 Å². The number of rotatable bonds is 6. The summed E-state index contributed by atoms with van der Waals surface area (Å²) < 4.78 is 32.0. The lowest BCUT2D eigenvalue weighted by molar-refractivity contribution is -0.115. The second kappa shape index (κ2) is 7.98. The quantitative estimate of drug-likeness (QED) is 0.738. The molecule has 0 aliphatic carbocycles. The highest BCUT2D eigenvalue weighted by Crippen LogP contribution is 2.29. The maximum atomic E-state index is 12.7. The number of hydrogen-bond donors (Lipinski definition) is 2. The van der Waals surface area contributed by atoms with Crippen LogP contribution in [0.2, 0.25) is 0 Å². The van der Waals surface area contributed by atoms with Crippen LogP contribution in [0.4, 0.5) is 5.69 Å². The van der Waals surface area contributed by atoms with Crippen LogP contribution in [0.5, 0.6) is 11.5 Å². The van der Waals surface area contributed by atoms with Crippen LogP contribution in [0.25, 0.3) is 0 Å². The van der Waals surface area contributed by atoms with Crippen LogP contribution < -0.4 is 10.1 Å². The molecule has 0 aromatic heterocycles. The Kier molecular flexibility index (Phi) is 5.67. The van der Waals surface area contributed by atoms with Gasteiger partial charge < -0.3 is 15.2 Å². The van der Waals surface area contributed by atoms with E-state index in [2.05, 4.69) is 5.32 Å². The van der Waals surface area contributed by atoms with Gasteiger partial charge in [-0.1, -0.05) is 18.2 Å². The van der Waals surface area contributed by atoms with E-state index >= 15 is 0 Å². The monoisotopic (exact) mass is 390 g/mol. The summed E-state index contributed by atoms with van der Waals surface area (Å²) in [6.45, 7) is 0.970. The number of aromatic hydroxyl groups is 1. The first-order valence-electron chi connectivity index (χ1n) is 8.67. The normalized spacial score (nSPS) is 14.9. The zero-order valence-corrected chi connectivity index (χ0v) is 15.8. The van der Waals surface area contributed by atoms with Gasteiger partial charge in [-0.05, 0) is 37.1 Å². The summed E-state index contributed by atoms with van der Waals surface area (Å²) in [4.78, 5) is 12.4. The summed E-state index contributed by atoms with van der Waals surface area (Å²) in [7, 11) is -2.11. The Morgan fingerprint density at radius 1 is 1.19 bits per heavy atom. The first-order valence-corrected chi connectivity index (χ1v) is 10.1. The molecule has 1 aliphatic rings. The number of anilines is 1. The molecule has 1 saturated heterocycles. The number of para-hydroxylation sites is 1. The third-order valence-electron chi connectivity index (χ3n) is 4.49. The third-order valence-corrected chi connectivity index (χ3v) is 6.38. The summed E-state index contributed by atoms with van der Waals surface area (Å²) in [6.07, 6.45) is 1.70. The molecule has 0 saturated carbocycles. The van der Waals surface area contributed by atoms with E-state index < -0.39 is 10.0 Å². The molecule has 7 nitrogen and oxygen atoms in total. The average Bonchev–Trinajstić information content (AvgIpc) is 3.19. The number of phenolic OH excluding ortho intramolecular Hbond substituents is 1.